The van der Waals surface area contributed by atoms with E-state index < -0.39 is 0 Å². The van der Waals surface area contributed by atoms with Gasteiger partial charge >= 0.3 is 0 Å². The first-order chi connectivity index (χ1) is 7.68. The van der Waals surface area contributed by atoms with E-state index >= 15 is 0 Å². The van der Waals surface area contributed by atoms with Crippen molar-refractivity contribution in [3.63, 3.8) is 0 Å². The fourth-order valence-corrected chi connectivity index (χ4v) is 2.02. The van der Waals surface area contributed by atoms with Crippen molar-refractivity contribution in [3.8, 4) is 0 Å². The summed E-state index contributed by atoms with van der Waals surface area (Å²) in [5.74, 6) is -0.339. The fourth-order valence-electron chi connectivity index (χ4n) is 2.02. The van der Waals surface area contributed by atoms with E-state index in [2.05, 4.69) is 0 Å². The van der Waals surface area contributed by atoms with E-state index in [4.69, 9.17) is 0 Å². The van der Waals surface area contributed by atoms with Crippen molar-refractivity contribution in [1.82, 2.24) is 8.97 Å². The Labute approximate surface area is 90.4 Å². The lowest BCUT2D eigenvalue weighted by molar-refractivity contribution is 0.628. The monoisotopic (exact) mass is 216 g/mol. The molecule has 0 aliphatic carbocycles. The second-order valence-corrected chi connectivity index (χ2v) is 3.76. The van der Waals surface area contributed by atoms with Crippen molar-refractivity contribution < 1.29 is 4.39 Å². The molecule has 0 amide bonds. The molecular formula is C12H9FN2O. The van der Waals surface area contributed by atoms with Crippen LogP contribution in [0, 0.1) is 5.82 Å². The number of fused-ring (bicyclic) bond motifs is 3. The molecule has 4 heteroatoms. The molecule has 0 fully saturated rings. The SMILES string of the molecule is Cn1c(=O)c2cccn2c2ccc(F)cc21. The van der Waals surface area contributed by atoms with Crippen LogP contribution in [0.15, 0.2) is 41.3 Å². The summed E-state index contributed by atoms with van der Waals surface area (Å²) in [5.41, 5.74) is 1.89. The van der Waals surface area contributed by atoms with Gasteiger partial charge in [-0.2, -0.15) is 0 Å². The first kappa shape index (κ1) is 9.15. The molecule has 2 aromatic heterocycles. The molecular weight excluding hydrogens is 207 g/mol. The molecule has 0 unspecified atom stereocenters. The van der Waals surface area contributed by atoms with E-state index in [1.807, 2.05) is 0 Å². The van der Waals surface area contributed by atoms with Crippen LogP contribution in [-0.2, 0) is 7.05 Å². The summed E-state index contributed by atoms with van der Waals surface area (Å²) in [5, 5.41) is 0. The summed E-state index contributed by atoms with van der Waals surface area (Å²) >= 11 is 0. The lowest BCUT2D eigenvalue weighted by Gasteiger charge is -2.07. The summed E-state index contributed by atoms with van der Waals surface area (Å²) in [6.07, 6.45) is 1.80. The van der Waals surface area contributed by atoms with E-state index in [-0.39, 0.29) is 11.4 Å². The van der Waals surface area contributed by atoms with Crippen LogP contribution in [0.3, 0.4) is 0 Å². The lowest BCUT2D eigenvalue weighted by Crippen LogP contribution is -2.19. The van der Waals surface area contributed by atoms with Crippen LogP contribution in [0.4, 0.5) is 4.39 Å². The van der Waals surface area contributed by atoms with Crippen molar-refractivity contribution >= 4 is 16.6 Å². The van der Waals surface area contributed by atoms with E-state index in [0.717, 1.165) is 5.52 Å². The van der Waals surface area contributed by atoms with Gasteiger partial charge in [-0.25, -0.2) is 4.39 Å². The molecule has 0 atom stereocenters. The van der Waals surface area contributed by atoms with E-state index in [1.165, 1.54) is 16.7 Å². The average Bonchev–Trinajstić information content (AvgIpc) is 2.75. The molecule has 16 heavy (non-hydrogen) atoms. The van der Waals surface area contributed by atoms with E-state index in [0.29, 0.717) is 11.0 Å². The highest BCUT2D eigenvalue weighted by Gasteiger charge is 2.07. The molecule has 80 valence electrons. The Morgan fingerprint density at radius 3 is 2.75 bits per heavy atom. The zero-order valence-electron chi connectivity index (χ0n) is 8.64. The minimum Gasteiger partial charge on any atom is -0.310 e. The topological polar surface area (TPSA) is 26.4 Å². The van der Waals surface area contributed by atoms with Crippen molar-refractivity contribution in [2.75, 3.05) is 0 Å². The highest BCUT2D eigenvalue weighted by molar-refractivity contribution is 5.79. The summed E-state index contributed by atoms with van der Waals surface area (Å²) in [6.45, 7) is 0. The maximum absolute atomic E-state index is 13.1. The van der Waals surface area contributed by atoms with Gasteiger partial charge in [-0.15, -0.1) is 0 Å². The molecule has 3 rings (SSSR count). The predicted molar refractivity (Wildman–Crippen MR) is 60.1 cm³/mol. The molecule has 3 nitrogen and oxygen atoms in total. The third-order valence-electron chi connectivity index (χ3n) is 2.83. The molecule has 0 aliphatic heterocycles. The van der Waals surface area contributed by atoms with Crippen molar-refractivity contribution in [3.05, 3.63) is 52.7 Å². The van der Waals surface area contributed by atoms with Crippen LogP contribution in [0.2, 0.25) is 0 Å². The van der Waals surface area contributed by atoms with Gasteiger partial charge in [-0.1, -0.05) is 0 Å². The third kappa shape index (κ3) is 1.04. The minimum atomic E-state index is -0.339. The third-order valence-corrected chi connectivity index (χ3v) is 2.83. The molecule has 0 saturated carbocycles. The van der Waals surface area contributed by atoms with Crippen molar-refractivity contribution in [2.45, 2.75) is 0 Å². The molecule has 2 heterocycles. The minimum absolute atomic E-state index is 0.122. The number of hydrogen-bond donors (Lipinski definition) is 0. The molecule has 0 N–H and O–H groups in total. The van der Waals surface area contributed by atoms with E-state index in [1.54, 1.807) is 35.8 Å². The smallest absolute Gasteiger partial charge is 0.275 e. The first-order valence-corrected chi connectivity index (χ1v) is 4.94. The van der Waals surface area contributed by atoms with Gasteiger partial charge < -0.3 is 8.97 Å². The summed E-state index contributed by atoms with van der Waals surface area (Å²) in [4.78, 5) is 11.9. The molecule has 0 saturated heterocycles. The Bertz CT molecular complexity index is 755. The van der Waals surface area contributed by atoms with Crippen LogP contribution in [0.5, 0.6) is 0 Å². The van der Waals surface area contributed by atoms with Gasteiger partial charge in [0.15, 0.2) is 0 Å². The van der Waals surface area contributed by atoms with Gasteiger partial charge in [0.25, 0.3) is 5.56 Å². The lowest BCUT2D eigenvalue weighted by atomic mass is 10.3. The second kappa shape index (κ2) is 2.95. The Kier molecular flexibility index (Phi) is 1.68. The summed E-state index contributed by atoms with van der Waals surface area (Å²) in [6, 6.07) is 8.00. The summed E-state index contributed by atoms with van der Waals surface area (Å²) < 4.78 is 16.4. The Balaban J connectivity index is 2.71. The Morgan fingerprint density at radius 2 is 1.94 bits per heavy atom. The van der Waals surface area contributed by atoms with Gasteiger partial charge in [-0.05, 0) is 30.3 Å². The number of aromatic nitrogens is 2. The highest BCUT2D eigenvalue weighted by atomic mass is 19.1. The Morgan fingerprint density at radius 1 is 1.12 bits per heavy atom. The van der Waals surface area contributed by atoms with Crippen molar-refractivity contribution in [1.29, 1.82) is 0 Å². The standard InChI is InChI=1S/C12H9FN2O/c1-14-11-7-8(13)4-5-9(11)15-6-2-3-10(15)12(14)16/h2-7H,1H3. The molecule has 0 spiro atoms. The molecule has 0 radical (unpaired) electrons. The van der Waals surface area contributed by atoms with Crippen LogP contribution < -0.4 is 5.56 Å². The molecule has 1 aromatic carbocycles. The fraction of sp³-hybridized carbons (Fsp3) is 0.0833. The quantitative estimate of drug-likeness (QED) is 0.564. The second-order valence-electron chi connectivity index (χ2n) is 3.76. The van der Waals surface area contributed by atoms with E-state index in [9.17, 15) is 9.18 Å². The normalized spacial score (nSPS) is 11.4. The van der Waals surface area contributed by atoms with Crippen LogP contribution in [0.1, 0.15) is 0 Å². The largest absolute Gasteiger partial charge is 0.310 e. The van der Waals surface area contributed by atoms with Crippen LogP contribution in [0.25, 0.3) is 16.6 Å². The molecule has 0 aliphatic rings. The average molecular weight is 216 g/mol. The number of nitrogens with zero attached hydrogens (tertiary/aromatic N) is 2. The van der Waals surface area contributed by atoms with Crippen LogP contribution >= 0.6 is 0 Å². The maximum atomic E-state index is 13.1. The first-order valence-electron chi connectivity index (χ1n) is 4.94. The predicted octanol–water partition coefficient (Wildman–Crippen LogP) is 1.93. The maximum Gasteiger partial charge on any atom is 0.275 e. The summed E-state index contributed by atoms with van der Waals surface area (Å²) in [7, 11) is 1.65. The van der Waals surface area contributed by atoms with Gasteiger partial charge in [0, 0.05) is 13.2 Å². The zero-order valence-corrected chi connectivity index (χ0v) is 8.64. The van der Waals surface area contributed by atoms with Crippen LogP contribution in [-0.4, -0.2) is 8.97 Å². The highest BCUT2D eigenvalue weighted by Crippen LogP contribution is 2.15. The zero-order chi connectivity index (χ0) is 11.3. The van der Waals surface area contributed by atoms with Gasteiger partial charge in [0.1, 0.15) is 11.3 Å². The Hall–Kier alpha value is -2.10. The molecule has 0 bridgehead atoms. The molecule has 3 aromatic rings. The number of benzene rings is 1. The number of aryl methyl sites for hydroxylation is 1. The number of halogens is 1. The number of hydrogen-bond acceptors (Lipinski definition) is 1. The van der Waals surface area contributed by atoms with Gasteiger partial charge in [0.05, 0.1) is 11.0 Å². The van der Waals surface area contributed by atoms with Gasteiger partial charge in [-0.3, -0.25) is 4.79 Å². The van der Waals surface area contributed by atoms with Gasteiger partial charge in [0.2, 0.25) is 0 Å². The van der Waals surface area contributed by atoms with Crippen molar-refractivity contribution in [2.24, 2.45) is 7.05 Å². The number of rotatable bonds is 0.